The van der Waals surface area contributed by atoms with Crippen molar-refractivity contribution in [3.63, 3.8) is 0 Å². The number of hydrogen-bond donors (Lipinski definition) is 1. The number of nitrogens with one attached hydrogen (secondary N) is 1. The van der Waals surface area contributed by atoms with E-state index in [1.807, 2.05) is 0 Å². The molecule has 2 aromatic heterocycles. The van der Waals surface area contributed by atoms with Gasteiger partial charge in [-0.05, 0) is 49.2 Å². The molecule has 0 spiro atoms. The fraction of sp³-hybridized carbons (Fsp3) is 0.190. The van der Waals surface area contributed by atoms with E-state index in [4.69, 9.17) is 0 Å². The Morgan fingerprint density at radius 3 is 2.40 bits per heavy atom. The third kappa shape index (κ3) is 3.22. The second-order valence-corrected chi connectivity index (χ2v) is 7.20. The highest BCUT2D eigenvalue weighted by Gasteiger charge is 2.24. The van der Waals surface area contributed by atoms with Crippen molar-refractivity contribution in [2.45, 2.75) is 25.4 Å². The molecule has 0 radical (unpaired) electrons. The van der Waals surface area contributed by atoms with Crippen LogP contribution in [0, 0.1) is 17.5 Å². The van der Waals surface area contributed by atoms with Crippen molar-refractivity contribution in [2.75, 3.05) is 5.32 Å². The number of imidazole rings is 1. The van der Waals surface area contributed by atoms with Gasteiger partial charge in [0.25, 0.3) is 0 Å². The smallest absolute Gasteiger partial charge is 0.335 e. The van der Waals surface area contributed by atoms with Crippen molar-refractivity contribution < 1.29 is 13.2 Å². The first-order valence-electron chi connectivity index (χ1n) is 9.45. The molecule has 5 rings (SSSR count). The first kappa shape index (κ1) is 18.4. The Morgan fingerprint density at radius 2 is 1.73 bits per heavy atom. The molecule has 2 heterocycles. The molecule has 4 aromatic rings. The molecule has 0 bridgehead atoms. The third-order valence-corrected chi connectivity index (χ3v) is 5.05. The number of hydrogen-bond acceptors (Lipinski definition) is 4. The molecule has 152 valence electrons. The molecular weight excluding hydrogens is 395 g/mol. The van der Waals surface area contributed by atoms with Crippen LogP contribution in [0.15, 0.2) is 53.5 Å². The van der Waals surface area contributed by atoms with Gasteiger partial charge in [0, 0.05) is 11.6 Å². The Kier molecular flexibility index (Phi) is 4.30. The van der Waals surface area contributed by atoms with Gasteiger partial charge in [-0.25, -0.2) is 27.5 Å². The SMILES string of the molecule is O=c1n(Cc2c(F)cccc2F)c2cnc(NC3CC3)nc2n1-c1ccc(F)cc1. The Morgan fingerprint density at radius 1 is 1.03 bits per heavy atom. The topological polar surface area (TPSA) is 64.7 Å². The lowest BCUT2D eigenvalue weighted by atomic mass is 10.2. The largest absolute Gasteiger partial charge is 0.351 e. The summed E-state index contributed by atoms with van der Waals surface area (Å²) in [6.45, 7) is -0.333. The van der Waals surface area contributed by atoms with Gasteiger partial charge in [0.1, 0.15) is 23.0 Å². The van der Waals surface area contributed by atoms with Crippen LogP contribution in [0.1, 0.15) is 18.4 Å². The summed E-state index contributed by atoms with van der Waals surface area (Å²) in [6, 6.07) is 9.17. The van der Waals surface area contributed by atoms with Crippen molar-refractivity contribution in [1.82, 2.24) is 19.1 Å². The Labute approximate surface area is 168 Å². The molecule has 1 aliphatic rings. The maximum Gasteiger partial charge on any atom is 0.335 e. The zero-order chi connectivity index (χ0) is 20.8. The quantitative estimate of drug-likeness (QED) is 0.545. The van der Waals surface area contributed by atoms with Crippen molar-refractivity contribution in [1.29, 1.82) is 0 Å². The minimum absolute atomic E-state index is 0.238. The number of benzene rings is 2. The van der Waals surface area contributed by atoms with Gasteiger partial charge in [-0.1, -0.05) is 6.07 Å². The molecule has 2 aromatic carbocycles. The van der Waals surface area contributed by atoms with Crippen molar-refractivity contribution in [2.24, 2.45) is 0 Å². The van der Waals surface area contributed by atoms with Crippen LogP contribution < -0.4 is 11.0 Å². The summed E-state index contributed by atoms with van der Waals surface area (Å²) in [5, 5.41) is 3.17. The second kappa shape index (κ2) is 7.01. The Balaban J connectivity index is 1.71. The molecule has 0 saturated heterocycles. The molecule has 0 aliphatic heterocycles. The van der Waals surface area contributed by atoms with Crippen LogP contribution in [0.2, 0.25) is 0 Å². The van der Waals surface area contributed by atoms with Crippen LogP contribution in [-0.4, -0.2) is 25.1 Å². The molecule has 0 atom stereocenters. The van der Waals surface area contributed by atoms with Gasteiger partial charge >= 0.3 is 5.69 Å². The van der Waals surface area contributed by atoms with Crippen LogP contribution in [0.25, 0.3) is 16.9 Å². The van der Waals surface area contributed by atoms with Gasteiger partial charge < -0.3 is 5.32 Å². The minimum atomic E-state index is -0.752. The van der Waals surface area contributed by atoms with Crippen molar-refractivity contribution in [3.05, 3.63) is 82.2 Å². The van der Waals surface area contributed by atoms with Gasteiger partial charge in [-0.2, -0.15) is 4.98 Å². The second-order valence-electron chi connectivity index (χ2n) is 7.20. The lowest BCUT2D eigenvalue weighted by molar-refractivity contribution is 0.543. The van der Waals surface area contributed by atoms with Crippen molar-refractivity contribution in [3.8, 4) is 5.69 Å². The van der Waals surface area contributed by atoms with E-state index in [1.165, 1.54) is 45.7 Å². The molecule has 0 amide bonds. The molecule has 30 heavy (non-hydrogen) atoms. The maximum absolute atomic E-state index is 14.2. The van der Waals surface area contributed by atoms with Gasteiger partial charge in [-0.3, -0.25) is 4.57 Å². The average molecular weight is 411 g/mol. The first-order valence-corrected chi connectivity index (χ1v) is 9.45. The van der Waals surface area contributed by atoms with Gasteiger partial charge in [0.15, 0.2) is 5.65 Å². The van der Waals surface area contributed by atoms with E-state index in [-0.39, 0.29) is 17.8 Å². The number of anilines is 1. The monoisotopic (exact) mass is 411 g/mol. The standard InChI is InChI=1S/C21H16F3N5O/c22-12-4-8-14(9-5-12)29-19-18(10-25-20(27-19)26-13-6-7-13)28(21(29)30)11-15-16(23)2-1-3-17(15)24/h1-5,8-10,13H,6-7,11H2,(H,25,26,27). The lowest BCUT2D eigenvalue weighted by Gasteiger charge is -2.06. The minimum Gasteiger partial charge on any atom is -0.351 e. The highest BCUT2D eigenvalue weighted by molar-refractivity contribution is 5.74. The normalized spacial score (nSPS) is 13.7. The first-order chi connectivity index (χ1) is 14.5. The lowest BCUT2D eigenvalue weighted by Crippen LogP contribution is -2.24. The van der Waals surface area contributed by atoms with E-state index in [2.05, 4.69) is 15.3 Å². The van der Waals surface area contributed by atoms with Crippen molar-refractivity contribution >= 4 is 17.1 Å². The summed E-state index contributed by atoms with van der Waals surface area (Å²) in [7, 11) is 0. The van der Waals surface area contributed by atoms with Gasteiger partial charge in [0.05, 0.1) is 18.4 Å². The summed E-state index contributed by atoms with van der Waals surface area (Å²) >= 11 is 0. The number of nitrogens with zero attached hydrogens (tertiary/aromatic N) is 4. The van der Waals surface area contributed by atoms with Crippen LogP contribution in [0.4, 0.5) is 19.1 Å². The summed E-state index contributed by atoms with van der Waals surface area (Å²) in [5.74, 6) is -1.60. The summed E-state index contributed by atoms with van der Waals surface area (Å²) in [6.07, 6.45) is 3.48. The van der Waals surface area contributed by atoms with E-state index in [0.717, 1.165) is 25.0 Å². The molecule has 9 heteroatoms. The Hall–Kier alpha value is -3.62. The van der Waals surface area contributed by atoms with E-state index >= 15 is 0 Å². The number of halogens is 3. The van der Waals surface area contributed by atoms with Gasteiger partial charge in [-0.15, -0.1) is 0 Å². The van der Waals surface area contributed by atoms with E-state index < -0.39 is 23.1 Å². The third-order valence-electron chi connectivity index (χ3n) is 5.05. The molecule has 0 unspecified atom stereocenters. The summed E-state index contributed by atoms with van der Waals surface area (Å²) in [4.78, 5) is 22.0. The number of rotatable bonds is 5. The maximum atomic E-state index is 14.2. The molecular formula is C21H16F3N5O. The molecule has 1 N–H and O–H groups in total. The van der Waals surface area contributed by atoms with E-state index in [0.29, 0.717) is 23.2 Å². The molecule has 1 saturated carbocycles. The average Bonchev–Trinajstić information content (AvgIpc) is 3.49. The van der Waals surface area contributed by atoms with E-state index in [9.17, 15) is 18.0 Å². The van der Waals surface area contributed by atoms with Crippen LogP contribution in [0.3, 0.4) is 0 Å². The fourth-order valence-electron chi connectivity index (χ4n) is 3.33. The summed E-state index contributed by atoms with van der Waals surface area (Å²) in [5.41, 5.74) is 0.167. The number of fused-ring (bicyclic) bond motifs is 1. The molecule has 6 nitrogen and oxygen atoms in total. The highest BCUT2D eigenvalue weighted by atomic mass is 19.1. The zero-order valence-electron chi connectivity index (χ0n) is 15.6. The predicted octanol–water partition coefficient (Wildman–Crippen LogP) is 3.62. The van der Waals surface area contributed by atoms with Crippen LogP contribution in [0.5, 0.6) is 0 Å². The molecule has 1 fully saturated rings. The van der Waals surface area contributed by atoms with Crippen LogP contribution >= 0.6 is 0 Å². The Bertz CT molecular complexity index is 1290. The zero-order valence-corrected chi connectivity index (χ0v) is 15.6. The highest BCUT2D eigenvalue weighted by Crippen LogP contribution is 2.25. The van der Waals surface area contributed by atoms with Crippen LogP contribution in [-0.2, 0) is 6.54 Å². The predicted molar refractivity (Wildman–Crippen MR) is 105 cm³/mol. The number of aromatic nitrogens is 4. The van der Waals surface area contributed by atoms with E-state index in [1.54, 1.807) is 0 Å². The molecule has 1 aliphatic carbocycles. The fourth-order valence-corrected chi connectivity index (χ4v) is 3.33. The van der Waals surface area contributed by atoms with Gasteiger partial charge in [0.2, 0.25) is 5.95 Å². The summed E-state index contributed by atoms with van der Waals surface area (Å²) < 4.78 is 44.3.